The van der Waals surface area contributed by atoms with E-state index >= 15 is 0 Å². The van der Waals surface area contributed by atoms with Crippen LogP contribution in [0, 0.1) is 13.8 Å². The molecule has 6 heteroatoms. The predicted octanol–water partition coefficient (Wildman–Crippen LogP) is 2.96. The Morgan fingerprint density at radius 1 is 1.39 bits per heavy atom. The van der Waals surface area contributed by atoms with Crippen molar-refractivity contribution >= 4 is 6.03 Å². The van der Waals surface area contributed by atoms with E-state index in [4.69, 9.17) is 9.26 Å². The Hall–Kier alpha value is -2.50. The van der Waals surface area contributed by atoms with Gasteiger partial charge in [-0.15, -0.1) is 0 Å². The van der Waals surface area contributed by atoms with Crippen LogP contribution in [0.4, 0.5) is 4.79 Å². The molecule has 0 spiro atoms. The molecule has 1 N–H and O–H groups in total. The second kappa shape index (κ2) is 6.32. The van der Waals surface area contributed by atoms with E-state index in [2.05, 4.69) is 10.5 Å². The number of fused-ring (bicyclic) bond motifs is 1. The minimum Gasteiger partial charge on any atom is -0.493 e. The van der Waals surface area contributed by atoms with E-state index < -0.39 is 0 Å². The van der Waals surface area contributed by atoms with Crippen molar-refractivity contribution in [1.29, 1.82) is 0 Å². The average Bonchev–Trinajstić information content (AvgIpc) is 2.87. The average molecular weight is 315 g/mol. The van der Waals surface area contributed by atoms with E-state index in [0.717, 1.165) is 34.8 Å². The molecule has 6 nitrogen and oxygen atoms in total. The number of aromatic nitrogens is 1. The number of hydrogen-bond donors (Lipinski definition) is 1. The Balaban J connectivity index is 1.68. The number of hydrogen-bond acceptors (Lipinski definition) is 4. The second-order valence-corrected chi connectivity index (χ2v) is 5.84. The molecule has 122 valence electrons. The molecule has 1 aliphatic heterocycles. The van der Waals surface area contributed by atoms with Crippen LogP contribution < -0.4 is 10.1 Å². The van der Waals surface area contributed by atoms with Crippen LogP contribution in [0.5, 0.6) is 5.75 Å². The third-order valence-corrected chi connectivity index (χ3v) is 4.18. The van der Waals surface area contributed by atoms with Gasteiger partial charge in [-0.2, -0.15) is 0 Å². The molecule has 1 atom stereocenters. The SMILES string of the molecule is Cc1noc(C)c1CN(C)C(=O)N[C@@H]1CCOc2ccccc21. The van der Waals surface area contributed by atoms with Crippen molar-refractivity contribution in [3.05, 3.63) is 46.8 Å². The first-order valence-corrected chi connectivity index (χ1v) is 7.71. The molecule has 1 aromatic heterocycles. The molecule has 0 saturated carbocycles. The Labute approximate surface area is 135 Å². The number of aryl methyl sites for hydroxylation is 2. The van der Waals surface area contributed by atoms with Crippen molar-refractivity contribution < 1.29 is 14.1 Å². The van der Waals surface area contributed by atoms with E-state index in [-0.39, 0.29) is 12.1 Å². The van der Waals surface area contributed by atoms with Crippen LogP contribution in [0.15, 0.2) is 28.8 Å². The quantitative estimate of drug-likeness (QED) is 0.945. The van der Waals surface area contributed by atoms with Gasteiger partial charge in [0.1, 0.15) is 11.5 Å². The van der Waals surface area contributed by atoms with Crippen molar-refractivity contribution in [1.82, 2.24) is 15.4 Å². The van der Waals surface area contributed by atoms with Gasteiger partial charge in [-0.1, -0.05) is 23.4 Å². The third-order valence-electron chi connectivity index (χ3n) is 4.18. The van der Waals surface area contributed by atoms with Crippen molar-refractivity contribution in [2.75, 3.05) is 13.7 Å². The van der Waals surface area contributed by atoms with Crippen LogP contribution in [0.1, 0.15) is 35.0 Å². The number of carbonyl (C=O) groups excluding carboxylic acids is 1. The summed E-state index contributed by atoms with van der Waals surface area (Å²) in [6, 6.07) is 7.67. The highest BCUT2D eigenvalue weighted by molar-refractivity contribution is 5.74. The normalized spacial score (nSPS) is 16.4. The molecule has 1 aliphatic rings. The minimum atomic E-state index is -0.119. The first kappa shape index (κ1) is 15.4. The van der Waals surface area contributed by atoms with E-state index in [0.29, 0.717) is 13.2 Å². The fourth-order valence-electron chi connectivity index (χ4n) is 2.79. The molecule has 2 heterocycles. The van der Waals surface area contributed by atoms with Crippen LogP contribution in [0.2, 0.25) is 0 Å². The van der Waals surface area contributed by atoms with Crippen LogP contribution in [0.25, 0.3) is 0 Å². The van der Waals surface area contributed by atoms with E-state index in [9.17, 15) is 4.79 Å². The van der Waals surface area contributed by atoms with Gasteiger partial charge in [0.2, 0.25) is 0 Å². The highest BCUT2D eigenvalue weighted by Crippen LogP contribution is 2.31. The van der Waals surface area contributed by atoms with Crippen molar-refractivity contribution in [3.63, 3.8) is 0 Å². The number of rotatable bonds is 3. The lowest BCUT2D eigenvalue weighted by molar-refractivity contribution is 0.194. The van der Waals surface area contributed by atoms with Crippen molar-refractivity contribution in [2.24, 2.45) is 0 Å². The lowest BCUT2D eigenvalue weighted by atomic mass is 10.0. The zero-order valence-electron chi connectivity index (χ0n) is 13.6. The van der Waals surface area contributed by atoms with Gasteiger partial charge in [0, 0.05) is 24.6 Å². The smallest absolute Gasteiger partial charge is 0.317 e. The summed E-state index contributed by atoms with van der Waals surface area (Å²) in [6.07, 6.45) is 0.766. The number of amides is 2. The van der Waals surface area contributed by atoms with Crippen molar-refractivity contribution in [3.8, 4) is 5.75 Å². The maximum atomic E-state index is 12.5. The largest absolute Gasteiger partial charge is 0.493 e. The van der Waals surface area contributed by atoms with Gasteiger partial charge in [-0.3, -0.25) is 0 Å². The number of nitrogens with zero attached hydrogens (tertiary/aromatic N) is 2. The molecule has 1 aromatic carbocycles. The van der Waals surface area contributed by atoms with E-state index in [1.807, 2.05) is 38.1 Å². The van der Waals surface area contributed by atoms with Gasteiger partial charge in [0.15, 0.2) is 0 Å². The highest BCUT2D eigenvalue weighted by Gasteiger charge is 2.24. The predicted molar refractivity (Wildman–Crippen MR) is 85.3 cm³/mol. The van der Waals surface area contributed by atoms with Crippen LogP contribution in [0.3, 0.4) is 0 Å². The highest BCUT2D eigenvalue weighted by atomic mass is 16.5. The number of nitrogens with one attached hydrogen (secondary N) is 1. The van der Waals surface area contributed by atoms with Gasteiger partial charge < -0.3 is 19.5 Å². The molecule has 0 aliphatic carbocycles. The molecule has 0 fully saturated rings. The zero-order chi connectivity index (χ0) is 16.4. The number of para-hydroxylation sites is 1. The monoisotopic (exact) mass is 315 g/mol. The fraction of sp³-hybridized carbons (Fsp3) is 0.412. The van der Waals surface area contributed by atoms with Crippen LogP contribution >= 0.6 is 0 Å². The summed E-state index contributed by atoms with van der Waals surface area (Å²) in [6.45, 7) is 4.81. The number of ether oxygens (including phenoxy) is 1. The maximum absolute atomic E-state index is 12.5. The summed E-state index contributed by atoms with van der Waals surface area (Å²) >= 11 is 0. The number of carbonyl (C=O) groups is 1. The molecule has 0 bridgehead atoms. The standard InChI is InChI=1S/C17H21N3O3/c1-11-14(12(2)23-19-11)10-20(3)17(21)18-15-8-9-22-16-7-5-4-6-13(15)16/h4-7,15H,8-10H2,1-3H3,(H,18,21)/t15-/m1/s1. The van der Waals surface area contributed by atoms with E-state index in [1.165, 1.54) is 0 Å². The minimum absolute atomic E-state index is 0.0282. The molecule has 0 radical (unpaired) electrons. The molecular formula is C17H21N3O3. The van der Waals surface area contributed by atoms with Gasteiger partial charge in [-0.05, 0) is 19.9 Å². The summed E-state index contributed by atoms with van der Waals surface area (Å²) in [5.41, 5.74) is 2.80. The second-order valence-electron chi connectivity index (χ2n) is 5.84. The molecule has 0 saturated heterocycles. The molecule has 2 aromatic rings. The summed E-state index contributed by atoms with van der Waals surface area (Å²) in [7, 11) is 1.77. The van der Waals surface area contributed by atoms with Crippen LogP contribution in [-0.4, -0.2) is 29.7 Å². The molecule has 3 rings (SSSR count). The lowest BCUT2D eigenvalue weighted by Gasteiger charge is -2.28. The Kier molecular flexibility index (Phi) is 4.23. The topological polar surface area (TPSA) is 67.6 Å². The molecular weight excluding hydrogens is 294 g/mol. The van der Waals surface area contributed by atoms with Gasteiger partial charge in [-0.25, -0.2) is 4.79 Å². The fourth-order valence-corrected chi connectivity index (χ4v) is 2.79. The lowest BCUT2D eigenvalue weighted by Crippen LogP contribution is -2.40. The number of benzene rings is 1. The van der Waals surface area contributed by atoms with Gasteiger partial charge in [0.25, 0.3) is 0 Å². The zero-order valence-corrected chi connectivity index (χ0v) is 13.6. The molecule has 0 unspecified atom stereocenters. The maximum Gasteiger partial charge on any atom is 0.317 e. The van der Waals surface area contributed by atoms with Gasteiger partial charge >= 0.3 is 6.03 Å². The summed E-state index contributed by atoms with van der Waals surface area (Å²) in [5.74, 6) is 1.59. The molecule has 2 amide bonds. The summed E-state index contributed by atoms with van der Waals surface area (Å²) < 4.78 is 10.8. The van der Waals surface area contributed by atoms with Crippen molar-refractivity contribution in [2.45, 2.75) is 32.9 Å². The van der Waals surface area contributed by atoms with Crippen LogP contribution in [-0.2, 0) is 6.54 Å². The van der Waals surface area contributed by atoms with Gasteiger partial charge in [0.05, 0.1) is 24.9 Å². The summed E-state index contributed by atoms with van der Waals surface area (Å²) in [4.78, 5) is 14.1. The first-order valence-electron chi connectivity index (χ1n) is 7.71. The summed E-state index contributed by atoms with van der Waals surface area (Å²) in [5, 5.41) is 7.01. The first-order chi connectivity index (χ1) is 11.1. The Morgan fingerprint density at radius 3 is 2.91 bits per heavy atom. The number of urea groups is 1. The Morgan fingerprint density at radius 2 is 2.17 bits per heavy atom. The third kappa shape index (κ3) is 3.16. The molecule has 23 heavy (non-hydrogen) atoms. The van der Waals surface area contributed by atoms with E-state index in [1.54, 1.807) is 11.9 Å². The Bertz CT molecular complexity index is 691.